The summed E-state index contributed by atoms with van der Waals surface area (Å²) in [5.74, 6) is 0. The van der Waals surface area contributed by atoms with Gasteiger partial charge >= 0.3 is 0 Å². The highest BCUT2D eigenvalue weighted by Gasteiger charge is 2.23. The van der Waals surface area contributed by atoms with Gasteiger partial charge in [-0.2, -0.15) is 9.41 Å². The van der Waals surface area contributed by atoms with Crippen LogP contribution in [0.3, 0.4) is 0 Å². The molecule has 6 nitrogen and oxygen atoms in total. The molecule has 0 spiro atoms. The second kappa shape index (κ2) is 10.1. The lowest BCUT2D eigenvalue weighted by Crippen LogP contribution is -2.47. The zero-order valence-corrected chi connectivity index (χ0v) is 19.0. The van der Waals surface area contributed by atoms with Crippen molar-refractivity contribution in [3.8, 4) is 0 Å². The van der Waals surface area contributed by atoms with Crippen molar-refractivity contribution in [3.05, 3.63) is 102 Å². The Kier molecular flexibility index (Phi) is 6.99. The zero-order valence-electron chi connectivity index (χ0n) is 18.2. The van der Waals surface area contributed by atoms with E-state index in [2.05, 4.69) is 46.7 Å². The Labute approximate surface area is 190 Å². The average Bonchev–Trinajstić information content (AvgIpc) is 2.81. The van der Waals surface area contributed by atoms with Crippen molar-refractivity contribution in [2.24, 2.45) is 5.10 Å². The van der Waals surface area contributed by atoms with Crippen LogP contribution >= 0.6 is 0 Å². The quantitative estimate of drug-likeness (QED) is 0.443. The van der Waals surface area contributed by atoms with Gasteiger partial charge in [-0.3, -0.25) is 10.3 Å². The third-order valence-electron chi connectivity index (χ3n) is 5.55. The summed E-state index contributed by atoms with van der Waals surface area (Å²) in [6.45, 7) is 3.40. The van der Waals surface area contributed by atoms with E-state index in [9.17, 15) is 8.42 Å². The Morgan fingerprint density at radius 3 is 1.84 bits per heavy atom. The Morgan fingerprint density at radius 2 is 1.34 bits per heavy atom. The van der Waals surface area contributed by atoms with E-state index in [0.29, 0.717) is 13.1 Å². The van der Waals surface area contributed by atoms with Gasteiger partial charge in [0.25, 0.3) is 0 Å². The smallest absolute Gasteiger partial charge is 0.211 e. The molecule has 0 bridgehead atoms. The molecular formula is C25H28N4O2S. The Bertz CT molecular complexity index is 1100. The van der Waals surface area contributed by atoms with Crippen LogP contribution in [0, 0.1) is 0 Å². The minimum atomic E-state index is -3.10. The third-order valence-corrected chi connectivity index (χ3v) is 6.85. The van der Waals surface area contributed by atoms with Gasteiger partial charge in [-0.05, 0) is 17.7 Å². The molecule has 1 N–H and O–H groups in total. The second-order valence-corrected chi connectivity index (χ2v) is 9.92. The van der Waals surface area contributed by atoms with E-state index in [1.54, 1.807) is 4.31 Å². The van der Waals surface area contributed by atoms with Crippen molar-refractivity contribution in [1.29, 1.82) is 0 Å². The van der Waals surface area contributed by atoms with Gasteiger partial charge in [0.05, 0.1) is 17.7 Å². The maximum absolute atomic E-state index is 11.7. The highest BCUT2D eigenvalue weighted by molar-refractivity contribution is 7.88. The van der Waals surface area contributed by atoms with Crippen LogP contribution in [-0.4, -0.2) is 55.8 Å². The molecule has 0 radical (unpaired) electrons. The highest BCUT2D eigenvalue weighted by atomic mass is 32.2. The van der Waals surface area contributed by atoms with Crippen LogP contribution in [0.25, 0.3) is 0 Å². The third kappa shape index (κ3) is 5.82. The van der Waals surface area contributed by atoms with Crippen molar-refractivity contribution >= 4 is 21.4 Å². The first-order valence-electron chi connectivity index (χ1n) is 10.7. The minimum absolute atomic E-state index is 0.551. The number of nitrogens with zero attached hydrogens (tertiary/aromatic N) is 3. The summed E-state index contributed by atoms with van der Waals surface area (Å²) >= 11 is 0. The number of hydrazone groups is 1. The number of nitrogens with one attached hydrogen (secondary N) is 1. The largest absolute Gasteiger partial charge is 0.296 e. The van der Waals surface area contributed by atoms with E-state index in [1.165, 1.54) is 11.8 Å². The first kappa shape index (κ1) is 22.2. The fraction of sp³-hybridized carbons (Fsp3) is 0.240. The first-order valence-corrected chi connectivity index (χ1v) is 12.5. The SMILES string of the molecule is CS(=O)(=O)N1CCN(Cc2ccc(NN=C(c3ccccc3)c3ccccc3)cc2)CC1. The van der Waals surface area contributed by atoms with Crippen molar-refractivity contribution < 1.29 is 8.42 Å². The summed E-state index contributed by atoms with van der Waals surface area (Å²) in [5.41, 5.74) is 8.30. The molecule has 166 valence electrons. The molecule has 4 rings (SSSR count). The molecule has 1 aliphatic rings. The molecule has 0 saturated carbocycles. The molecule has 1 aliphatic heterocycles. The minimum Gasteiger partial charge on any atom is -0.296 e. The van der Waals surface area contributed by atoms with Crippen LogP contribution in [0.5, 0.6) is 0 Å². The average molecular weight is 449 g/mol. The van der Waals surface area contributed by atoms with Gasteiger partial charge in [-0.25, -0.2) is 8.42 Å². The van der Waals surface area contributed by atoms with Crippen LogP contribution in [0.1, 0.15) is 16.7 Å². The zero-order chi connectivity index (χ0) is 22.4. The topological polar surface area (TPSA) is 65.0 Å². The van der Waals surface area contributed by atoms with Gasteiger partial charge < -0.3 is 0 Å². The van der Waals surface area contributed by atoms with E-state index < -0.39 is 10.0 Å². The van der Waals surface area contributed by atoms with Crippen molar-refractivity contribution in [2.75, 3.05) is 37.9 Å². The van der Waals surface area contributed by atoms with Crippen LogP contribution in [0.4, 0.5) is 5.69 Å². The summed E-state index contributed by atoms with van der Waals surface area (Å²) in [6, 6.07) is 28.5. The number of rotatable bonds is 7. The van der Waals surface area contributed by atoms with Gasteiger partial charge in [0.15, 0.2) is 0 Å². The van der Waals surface area contributed by atoms with Crippen LogP contribution in [0.2, 0.25) is 0 Å². The molecule has 1 saturated heterocycles. The molecular weight excluding hydrogens is 420 g/mol. The lowest BCUT2D eigenvalue weighted by Gasteiger charge is -2.33. The maximum atomic E-state index is 11.7. The Hall–Kier alpha value is -3.00. The number of benzene rings is 3. The molecule has 0 amide bonds. The summed E-state index contributed by atoms with van der Waals surface area (Å²) in [7, 11) is -3.10. The molecule has 1 fully saturated rings. The number of hydrogen-bond acceptors (Lipinski definition) is 5. The van der Waals surface area contributed by atoms with Gasteiger partial charge in [0.2, 0.25) is 10.0 Å². The highest BCUT2D eigenvalue weighted by Crippen LogP contribution is 2.16. The second-order valence-electron chi connectivity index (χ2n) is 7.94. The number of hydrogen-bond donors (Lipinski definition) is 1. The standard InChI is InChI=1S/C25H28N4O2S/c1-32(30,31)29-18-16-28(17-19-29)20-21-12-14-24(15-13-21)26-27-25(22-8-4-2-5-9-22)23-10-6-3-7-11-23/h2-15,26H,16-20H2,1H3. The van der Waals surface area contributed by atoms with E-state index in [1.807, 2.05) is 48.5 Å². The van der Waals surface area contributed by atoms with E-state index in [4.69, 9.17) is 5.10 Å². The van der Waals surface area contributed by atoms with Crippen LogP contribution in [-0.2, 0) is 16.6 Å². The van der Waals surface area contributed by atoms with E-state index in [-0.39, 0.29) is 0 Å². The van der Waals surface area contributed by atoms with E-state index >= 15 is 0 Å². The monoisotopic (exact) mass is 448 g/mol. The summed E-state index contributed by atoms with van der Waals surface area (Å²) < 4.78 is 24.9. The van der Waals surface area contributed by atoms with Gasteiger partial charge in [-0.1, -0.05) is 72.8 Å². The fourth-order valence-electron chi connectivity index (χ4n) is 3.77. The molecule has 0 atom stereocenters. The molecule has 0 aromatic heterocycles. The van der Waals surface area contributed by atoms with Crippen molar-refractivity contribution in [3.63, 3.8) is 0 Å². The molecule has 3 aromatic carbocycles. The van der Waals surface area contributed by atoms with Crippen LogP contribution in [0.15, 0.2) is 90.0 Å². The van der Waals surface area contributed by atoms with Crippen LogP contribution < -0.4 is 5.43 Å². The number of sulfonamides is 1. The summed E-state index contributed by atoms with van der Waals surface area (Å²) in [6.07, 6.45) is 1.28. The normalized spacial score (nSPS) is 15.3. The predicted octanol–water partition coefficient (Wildman–Crippen LogP) is 3.63. The number of piperazine rings is 1. The molecule has 7 heteroatoms. The predicted molar refractivity (Wildman–Crippen MR) is 130 cm³/mol. The van der Waals surface area contributed by atoms with Gasteiger partial charge in [-0.15, -0.1) is 0 Å². The summed E-state index contributed by atoms with van der Waals surface area (Å²) in [4.78, 5) is 2.28. The lowest BCUT2D eigenvalue weighted by atomic mass is 10.0. The maximum Gasteiger partial charge on any atom is 0.211 e. The Balaban J connectivity index is 1.41. The Morgan fingerprint density at radius 1 is 0.812 bits per heavy atom. The fourth-order valence-corrected chi connectivity index (χ4v) is 4.60. The molecule has 32 heavy (non-hydrogen) atoms. The lowest BCUT2D eigenvalue weighted by molar-refractivity contribution is 0.182. The van der Waals surface area contributed by atoms with Crippen molar-refractivity contribution in [2.45, 2.75) is 6.54 Å². The molecule has 0 aliphatic carbocycles. The molecule has 1 heterocycles. The van der Waals surface area contributed by atoms with E-state index in [0.717, 1.165) is 42.2 Å². The summed E-state index contributed by atoms with van der Waals surface area (Å²) in [5, 5.41) is 4.70. The number of anilines is 1. The van der Waals surface area contributed by atoms with Gasteiger partial charge in [0.1, 0.15) is 0 Å². The first-order chi connectivity index (χ1) is 15.5. The van der Waals surface area contributed by atoms with Gasteiger partial charge in [0, 0.05) is 43.9 Å². The van der Waals surface area contributed by atoms with Crippen molar-refractivity contribution in [1.82, 2.24) is 9.21 Å². The molecule has 3 aromatic rings. The molecule has 0 unspecified atom stereocenters.